The Hall–Kier alpha value is -1.82. The largest absolute Gasteiger partial charge is 0.492 e. The van der Waals surface area contributed by atoms with Gasteiger partial charge in [-0.3, -0.25) is 4.79 Å². The summed E-state index contributed by atoms with van der Waals surface area (Å²) in [5, 5.41) is 0. The molecule has 1 aromatic carbocycles. The van der Waals surface area contributed by atoms with Crippen LogP contribution in [-0.2, 0) is 11.3 Å². The van der Waals surface area contributed by atoms with E-state index < -0.39 is 0 Å². The third-order valence-electron chi connectivity index (χ3n) is 3.12. The van der Waals surface area contributed by atoms with E-state index >= 15 is 0 Å². The molecule has 2 aromatic rings. The molecule has 6 heteroatoms. The molecule has 5 nitrogen and oxygen atoms in total. The number of rotatable bonds is 5. The third kappa shape index (κ3) is 2.85. The van der Waals surface area contributed by atoms with Crippen molar-refractivity contribution < 1.29 is 9.53 Å². The molecule has 0 atom stereocenters. The van der Waals surface area contributed by atoms with Gasteiger partial charge in [-0.1, -0.05) is 6.07 Å². The van der Waals surface area contributed by atoms with Gasteiger partial charge in [0.2, 0.25) is 5.91 Å². The van der Waals surface area contributed by atoms with Crippen LogP contribution in [0.3, 0.4) is 0 Å². The average Bonchev–Trinajstić information content (AvgIpc) is 2.73. The smallest absolute Gasteiger partial charge is 0.223 e. The summed E-state index contributed by atoms with van der Waals surface area (Å²) < 4.78 is 8.13. The minimum Gasteiger partial charge on any atom is -0.492 e. The lowest BCUT2D eigenvalue weighted by Crippen LogP contribution is -2.22. The molecule has 0 bridgehead atoms. The normalized spacial score (nSPS) is 10.8. The lowest BCUT2D eigenvalue weighted by atomic mass is 10.3. The summed E-state index contributed by atoms with van der Waals surface area (Å²) in [6.07, 6.45) is 0.424. The fourth-order valence-electron chi connectivity index (χ4n) is 2.08. The first-order valence-corrected chi connectivity index (χ1v) is 7.00. The SMILES string of the molecule is CCOc1cccc2c1[nH]c(=S)n2CCC(=O)N(C)C. The Morgan fingerprint density at radius 3 is 2.85 bits per heavy atom. The Labute approximate surface area is 123 Å². The zero-order valence-electron chi connectivity index (χ0n) is 12.0. The Kier molecular flexibility index (Phi) is 4.44. The number of nitrogens with zero attached hydrogens (tertiary/aromatic N) is 2. The quantitative estimate of drug-likeness (QED) is 0.862. The molecule has 108 valence electrons. The zero-order chi connectivity index (χ0) is 14.7. The maximum absolute atomic E-state index is 11.7. The first kappa shape index (κ1) is 14.6. The van der Waals surface area contributed by atoms with E-state index in [4.69, 9.17) is 17.0 Å². The summed E-state index contributed by atoms with van der Waals surface area (Å²) in [4.78, 5) is 16.4. The van der Waals surface area contributed by atoms with Crippen molar-refractivity contribution in [3.8, 4) is 5.75 Å². The number of nitrogens with one attached hydrogen (secondary N) is 1. The minimum atomic E-state index is 0.0854. The monoisotopic (exact) mass is 293 g/mol. The number of imidazole rings is 1. The number of fused-ring (bicyclic) bond motifs is 1. The van der Waals surface area contributed by atoms with E-state index in [0.29, 0.717) is 24.3 Å². The van der Waals surface area contributed by atoms with E-state index in [1.54, 1.807) is 19.0 Å². The van der Waals surface area contributed by atoms with Gasteiger partial charge < -0.3 is 19.2 Å². The third-order valence-corrected chi connectivity index (χ3v) is 3.44. The second-order valence-corrected chi connectivity index (χ2v) is 5.09. The van der Waals surface area contributed by atoms with E-state index in [0.717, 1.165) is 16.8 Å². The number of para-hydroxylation sites is 1. The maximum Gasteiger partial charge on any atom is 0.223 e. The van der Waals surface area contributed by atoms with Crippen molar-refractivity contribution in [3.63, 3.8) is 0 Å². The molecular formula is C14H19N3O2S. The molecule has 0 aliphatic rings. The van der Waals surface area contributed by atoms with Gasteiger partial charge in [0, 0.05) is 27.1 Å². The Morgan fingerprint density at radius 2 is 2.20 bits per heavy atom. The molecule has 1 aromatic heterocycles. The van der Waals surface area contributed by atoms with Crippen LogP contribution in [0.5, 0.6) is 5.75 Å². The van der Waals surface area contributed by atoms with Gasteiger partial charge in [-0.2, -0.15) is 0 Å². The van der Waals surface area contributed by atoms with Crippen molar-refractivity contribution in [3.05, 3.63) is 23.0 Å². The molecule has 0 saturated carbocycles. The first-order valence-electron chi connectivity index (χ1n) is 6.59. The molecule has 1 N–H and O–H groups in total. The van der Waals surface area contributed by atoms with Crippen LogP contribution in [0.15, 0.2) is 18.2 Å². The first-order chi connectivity index (χ1) is 9.54. The molecular weight excluding hydrogens is 274 g/mol. The number of aromatic nitrogens is 2. The summed E-state index contributed by atoms with van der Waals surface area (Å²) in [6, 6.07) is 5.82. The molecule has 2 rings (SSSR count). The van der Waals surface area contributed by atoms with Crippen LogP contribution in [0.2, 0.25) is 0 Å². The van der Waals surface area contributed by atoms with E-state index in [9.17, 15) is 4.79 Å². The van der Waals surface area contributed by atoms with Crippen LogP contribution in [0.4, 0.5) is 0 Å². The van der Waals surface area contributed by atoms with Gasteiger partial charge in [0.25, 0.3) is 0 Å². The van der Waals surface area contributed by atoms with Crippen LogP contribution in [-0.4, -0.2) is 41.1 Å². The number of aryl methyl sites for hydroxylation is 1. The molecule has 0 fully saturated rings. The molecule has 0 spiro atoms. The highest BCUT2D eigenvalue weighted by atomic mass is 32.1. The number of H-pyrrole nitrogens is 1. The van der Waals surface area contributed by atoms with Crippen LogP contribution in [0.1, 0.15) is 13.3 Å². The van der Waals surface area contributed by atoms with Gasteiger partial charge in [-0.25, -0.2) is 0 Å². The van der Waals surface area contributed by atoms with Crippen molar-refractivity contribution >= 4 is 29.2 Å². The van der Waals surface area contributed by atoms with Gasteiger partial charge in [0.15, 0.2) is 4.77 Å². The predicted octanol–water partition coefficient (Wildman–Crippen LogP) is 2.58. The van der Waals surface area contributed by atoms with Crippen molar-refractivity contribution in [1.29, 1.82) is 0 Å². The molecule has 0 aliphatic carbocycles. The van der Waals surface area contributed by atoms with Crippen LogP contribution in [0.25, 0.3) is 11.0 Å². The second kappa shape index (κ2) is 6.09. The summed E-state index contributed by atoms with van der Waals surface area (Å²) in [5.41, 5.74) is 1.85. The van der Waals surface area contributed by atoms with Gasteiger partial charge in [-0.05, 0) is 31.3 Å². The molecule has 20 heavy (non-hydrogen) atoms. The van der Waals surface area contributed by atoms with Gasteiger partial charge in [-0.15, -0.1) is 0 Å². The number of aromatic amines is 1. The van der Waals surface area contributed by atoms with Crippen molar-refractivity contribution in [2.75, 3.05) is 20.7 Å². The molecule has 0 radical (unpaired) electrons. The number of benzene rings is 1. The number of carbonyl (C=O) groups excluding carboxylic acids is 1. The summed E-state index contributed by atoms with van der Waals surface area (Å²) in [5.74, 6) is 0.871. The molecule has 0 saturated heterocycles. The molecule has 0 unspecified atom stereocenters. The standard InChI is InChI=1S/C14H19N3O2S/c1-4-19-11-7-5-6-10-13(11)15-14(20)17(10)9-8-12(18)16(2)3/h5-7H,4,8-9H2,1-3H3,(H,15,20). The van der Waals surface area contributed by atoms with Crippen molar-refractivity contribution in [2.45, 2.75) is 19.9 Å². The zero-order valence-corrected chi connectivity index (χ0v) is 12.8. The summed E-state index contributed by atoms with van der Waals surface area (Å²) in [6.45, 7) is 3.11. The van der Waals surface area contributed by atoms with Crippen LogP contribution in [0, 0.1) is 4.77 Å². The van der Waals surface area contributed by atoms with Gasteiger partial charge in [0.1, 0.15) is 11.3 Å². The van der Waals surface area contributed by atoms with Gasteiger partial charge in [0.05, 0.1) is 12.1 Å². The highest BCUT2D eigenvalue weighted by Gasteiger charge is 2.11. The lowest BCUT2D eigenvalue weighted by molar-refractivity contribution is -0.128. The molecule has 0 aliphatic heterocycles. The van der Waals surface area contributed by atoms with E-state index in [-0.39, 0.29) is 5.91 Å². The van der Waals surface area contributed by atoms with Gasteiger partial charge >= 0.3 is 0 Å². The summed E-state index contributed by atoms with van der Waals surface area (Å²) >= 11 is 5.34. The van der Waals surface area contributed by atoms with Crippen molar-refractivity contribution in [1.82, 2.24) is 14.5 Å². The number of carbonyl (C=O) groups is 1. The fraction of sp³-hybridized carbons (Fsp3) is 0.429. The minimum absolute atomic E-state index is 0.0854. The van der Waals surface area contributed by atoms with E-state index in [1.165, 1.54) is 0 Å². The number of hydrogen-bond donors (Lipinski definition) is 1. The Bertz CT molecular complexity index is 673. The Balaban J connectivity index is 2.34. The molecule has 1 heterocycles. The maximum atomic E-state index is 11.7. The number of amides is 1. The van der Waals surface area contributed by atoms with Crippen LogP contribution >= 0.6 is 12.2 Å². The fourth-order valence-corrected chi connectivity index (χ4v) is 2.37. The molecule has 1 amide bonds. The topological polar surface area (TPSA) is 50.3 Å². The second-order valence-electron chi connectivity index (χ2n) is 4.70. The van der Waals surface area contributed by atoms with Crippen molar-refractivity contribution in [2.24, 2.45) is 0 Å². The Morgan fingerprint density at radius 1 is 1.45 bits per heavy atom. The predicted molar refractivity (Wildman–Crippen MR) is 81.6 cm³/mol. The lowest BCUT2D eigenvalue weighted by Gasteiger charge is -2.11. The summed E-state index contributed by atoms with van der Waals surface area (Å²) in [7, 11) is 3.51. The highest BCUT2D eigenvalue weighted by molar-refractivity contribution is 7.71. The van der Waals surface area contributed by atoms with Crippen LogP contribution < -0.4 is 4.74 Å². The number of ether oxygens (including phenoxy) is 1. The average molecular weight is 293 g/mol. The number of hydrogen-bond acceptors (Lipinski definition) is 3. The van der Waals surface area contributed by atoms with E-state index in [2.05, 4.69) is 4.98 Å². The highest BCUT2D eigenvalue weighted by Crippen LogP contribution is 2.25. The van der Waals surface area contributed by atoms with E-state index in [1.807, 2.05) is 29.7 Å².